The van der Waals surface area contributed by atoms with Crippen LogP contribution in [-0.4, -0.2) is 86.6 Å². The molecule has 2 heterocycles. The van der Waals surface area contributed by atoms with Crippen molar-refractivity contribution >= 4 is 34.7 Å². The predicted molar refractivity (Wildman–Crippen MR) is 170 cm³/mol. The molecular formula is C33H38F6N4O8. The largest absolute Gasteiger partial charge is 0.490 e. The number of hydroxylamine groups is 1. The number of ether oxygens (including phenoxy) is 1. The van der Waals surface area contributed by atoms with E-state index in [4.69, 9.17) is 29.7 Å². The summed E-state index contributed by atoms with van der Waals surface area (Å²) in [6.45, 7) is 8.55. The van der Waals surface area contributed by atoms with E-state index in [1.807, 2.05) is 37.3 Å². The maximum atomic E-state index is 13.1. The van der Waals surface area contributed by atoms with Crippen LogP contribution in [0.5, 0.6) is 5.75 Å². The van der Waals surface area contributed by atoms with Crippen LogP contribution in [-0.2, 0) is 21.0 Å². The van der Waals surface area contributed by atoms with Gasteiger partial charge in [-0.2, -0.15) is 26.3 Å². The monoisotopic (exact) mass is 732 g/mol. The van der Waals surface area contributed by atoms with E-state index >= 15 is 0 Å². The number of fused-ring (bicyclic) bond motifs is 1. The summed E-state index contributed by atoms with van der Waals surface area (Å²) in [5.74, 6) is -5.44. The molecule has 3 aromatic rings. The second-order valence-electron chi connectivity index (χ2n) is 11.6. The molecule has 12 nitrogen and oxygen atoms in total. The van der Waals surface area contributed by atoms with E-state index in [0.717, 1.165) is 48.1 Å². The minimum atomic E-state index is -5.08. The van der Waals surface area contributed by atoms with Gasteiger partial charge in [-0.25, -0.2) is 15.1 Å². The van der Waals surface area contributed by atoms with Gasteiger partial charge in [0.2, 0.25) is 5.91 Å². The molecular weight excluding hydrogens is 694 g/mol. The third-order valence-corrected chi connectivity index (χ3v) is 7.65. The first-order valence-electron chi connectivity index (χ1n) is 15.4. The van der Waals surface area contributed by atoms with E-state index in [2.05, 4.69) is 29.0 Å². The van der Waals surface area contributed by atoms with E-state index in [1.165, 1.54) is 0 Å². The average molecular weight is 733 g/mol. The molecule has 280 valence electrons. The van der Waals surface area contributed by atoms with Gasteiger partial charge in [0.05, 0.1) is 5.52 Å². The molecule has 18 heteroatoms. The zero-order valence-electron chi connectivity index (χ0n) is 27.7. The molecule has 0 radical (unpaired) electrons. The van der Waals surface area contributed by atoms with Gasteiger partial charge in [-0.3, -0.25) is 19.8 Å². The fraction of sp³-hybridized carbons (Fsp3) is 0.424. The van der Waals surface area contributed by atoms with Crippen molar-refractivity contribution in [1.29, 1.82) is 0 Å². The number of carboxylic acids is 2. The lowest BCUT2D eigenvalue weighted by molar-refractivity contribution is -0.193. The van der Waals surface area contributed by atoms with Gasteiger partial charge in [-0.15, -0.1) is 0 Å². The van der Waals surface area contributed by atoms with Crippen LogP contribution in [0.15, 0.2) is 54.6 Å². The number of carbonyl (C=O) groups is 4. The normalized spacial score (nSPS) is 14.3. The molecule has 0 spiro atoms. The molecule has 1 atom stereocenters. The number of aryl methyl sites for hydroxylation is 1. The lowest BCUT2D eigenvalue weighted by Crippen LogP contribution is -2.48. The number of likely N-dealkylation sites (tertiary alicyclic amines) is 1. The molecule has 0 bridgehead atoms. The summed E-state index contributed by atoms with van der Waals surface area (Å²) >= 11 is 0. The Morgan fingerprint density at radius 2 is 1.45 bits per heavy atom. The Morgan fingerprint density at radius 1 is 0.922 bits per heavy atom. The lowest BCUT2D eigenvalue weighted by Gasteiger charge is -2.38. The van der Waals surface area contributed by atoms with Gasteiger partial charge in [-0.1, -0.05) is 18.2 Å². The van der Waals surface area contributed by atoms with Crippen molar-refractivity contribution in [2.24, 2.45) is 5.92 Å². The number of pyridine rings is 1. The third kappa shape index (κ3) is 14.1. The number of halogens is 6. The van der Waals surface area contributed by atoms with Crippen LogP contribution in [0.1, 0.15) is 54.7 Å². The molecule has 0 aliphatic carbocycles. The smallest absolute Gasteiger partial charge is 0.489 e. The number of piperidine rings is 1. The fourth-order valence-corrected chi connectivity index (χ4v) is 5.05. The number of hydrogen-bond acceptors (Lipinski definition) is 8. The van der Waals surface area contributed by atoms with Crippen LogP contribution in [0.3, 0.4) is 0 Å². The van der Waals surface area contributed by atoms with E-state index in [1.54, 1.807) is 29.7 Å². The van der Waals surface area contributed by atoms with Gasteiger partial charge in [0, 0.05) is 40.7 Å². The van der Waals surface area contributed by atoms with Crippen LogP contribution in [0, 0.1) is 12.8 Å². The Labute approximate surface area is 288 Å². The van der Waals surface area contributed by atoms with E-state index in [9.17, 15) is 35.9 Å². The number of carbonyl (C=O) groups excluding carboxylic acids is 2. The van der Waals surface area contributed by atoms with Crippen molar-refractivity contribution in [2.75, 3.05) is 13.1 Å². The number of aromatic nitrogens is 1. The number of para-hydroxylation sites is 1. The zero-order chi connectivity index (χ0) is 38.5. The molecule has 1 fully saturated rings. The van der Waals surface area contributed by atoms with Crippen molar-refractivity contribution in [3.63, 3.8) is 0 Å². The summed E-state index contributed by atoms with van der Waals surface area (Å²) in [5, 5.41) is 27.4. The summed E-state index contributed by atoms with van der Waals surface area (Å²) in [4.78, 5) is 49.8. The molecule has 1 aliphatic heterocycles. The van der Waals surface area contributed by atoms with Crippen LogP contribution >= 0.6 is 0 Å². The molecule has 51 heavy (non-hydrogen) atoms. The molecule has 4 rings (SSSR count). The summed E-state index contributed by atoms with van der Waals surface area (Å²) in [5.41, 5.74) is 5.12. The highest BCUT2D eigenvalue weighted by Gasteiger charge is 2.39. The summed E-state index contributed by atoms with van der Waals surface area (Å²) < 4.78 is 69.5. The number of amides is 2. The number of aliphatic carboxylic acids is 2. The Hall–Kier alpha value is -4.97. The fourth-order valence-electron chi connectivity index (χ4n) is 5.05. The molecule has 1 aliphatic rings. The SMILES string of the molecule is Cc1cc(COc2ccc(C(=O)NC(CC(=O)NO)C3CCN(C(C)C)CC3)cc2)c2ccccc2n1.O=C(O)C(F)(F)F.O=C(O)C(F)(F)F. The molecule has 5 N–H and O–H groups in total. The number of benzene rings is 2. The molecule has 2 amide bonds. The van der Waals surface area contributed by atoms with Crippen molar-refractivity contribution < 1.29 is 65.7 Å². The van der Waals surface area contributed by atoms with Gasteiger partial charge < -0.3 is 25.2 Å². The van der Waals surface area contributed by atoms with E-state index in [-0.39, 0.29) is 24.3 Å². The van der Waals surface area contributed by atoms with Gasteiger partial charge in [0.15, 0.2) is 0 Å². The Morgan fingerprint density at radius 3 is 1.94 bits per heavy atom. The van der Waals surface area contributed by atoms with Crippen molar-refractivity contribution in [2.45, 2.75) is 71.1 Å². The Kier molecular flexibility index (Phi) is 15.6. The number of rotatable bonds is 9. The number of carboxylic acid groups (broad SMARTS) is 2. The highest BCUT2D eigenvalue weighted by molar-refractivity contribution is 5.94. The first-order chi connectivity index (χ1) is 23.7. The van der Waals surface area contributed by atoms with Crippen LogP contribution in [0.4, 0.5) is 26.3 Å². The van der Waals surface area contributed by atoms with Crippen molar-refractivity contribution in [3.05, 3.63) is 71.4 Å². The molecule has 0 saturated carbocycles. The quantitative estimate of drug-likeness (QED) is 0.107. The first-order valence-corrected chi connectivity index (χ1v) is 15.4. The van der Waals surface area contributed by atoms with E-state index in [0.29, 0.717) is 24.0 Å². The van der Waals surface area contributed by atoms with Gasteiger partial charge in [-0.05, 0) is 89.0 Å². The molecule has 1 saturated heterocycles. The minimum absolute atomic E-state index is 0.0368. The maximum absolute atomic E-state index is 13.1. The van der Waals surface area contributed by atoms with Crippen LogP contribution < -0.4 is 15.5 Å². The summed E-state index contributed by atoms with van der Waals surface area (Å²) in [6, 6.07) is 17.1. The number of nitrogens with zero attached hydrogens (tertiary/aromatic N) is 2. The third-order valence-electron chi connectivity index (χ3n) is 7.65. The average Bonchev–Trinajstić information content (AvgIpc) is 3.06. The maximum Gasteiger partial charge on any atom is 0.490 e. The van der Waals surface area contributed by atoms with Crippen LogP contribution in [0.25, 0.3) is 10.9 Å². The highest BCUT2D eigenvalue weighted by Crippen LogP contribution is 2.25. The summed E-state index contributed by atoms with van der Waals surface area (Å²) in [6.07, 6.45) is -8.36. The molecule has 2 aromatic carbocycles. The van der Waals surface area contributed by atoms with Gasteiger partial charge in [0.1, 0.15) is 12.4 Å². The van der Waals surface area contributed by atoms with E-state index < -0.39 is 30.2 Å². The van der Waals surface area contributed by atoms with Gasteiger partial charge >= 0.3 is 24.3 Å². The second-order valence-corrected chi connectivity index (χ2v) is 11.6. The summed E-state index contributed by atoms with van der Waals surface area (Å²) in [7, 11) is 0. The molecule has 1 unspecified atom stereocenters. The van der Waals surface area contributed by atoms with Gasteiger partial charge in [0.25, 0.3) is 5.91 Å². The van der Waals surface area contributed by atoms with Crippen molar-refractivity contribution in [3.8, 4) is 5.75 Å². The number of hydrogen-bond donors (Lipinski definition) is 5. The van der Waals surface area contributed by atoms with Crippen molar-refractivity contribution in [1.82, 2.24) is 20.7 Å². The molecule has 1 aromatic heterocycles. The second kappa shape index (κ2) is 18.9. The van der Waals surface area contributed by atoms with Crippen LogP contribution in [0.2, 0.25) is 0 Å². The highest BCUT2D eigenvalue weighted by atomic mass is 19.4. The number of nitrogens with one attached hydrogen (secondary N) is 2. The number of alkyl halides is 6. The first kappa shape index (κ1) is 42.2. The standard InChI is InChI=1S/C29H36N4O4.2C2HF3O2/c1-19(2)33-14-12-21(13-15-33)27(17-28(34)32-36)31-29(35)22-8-10-24(11-9-22)37-18-23-16-20(3)30-26-7-5-4-6-25(23)26;2*3-2(4,5)1(6)7/h4-11,16,19,21,27,36H,12-15,17-18H2,1-3H3,(H,31,35)(H,32,34);2*(H,6,7). The topological polar surface area (TPSA) is 178 Å². The lowest BCUT2D eigenvalue weighted by atomic mass is 9.86. The minimum Gasteiger partial charge on any atom is -0.489 e. The Balaban J connectivity index is 0.000000543. The zero-order valence-corrected chi connectivity index (χ0v) is 27.7. The predicted octanol–water partition coefficient (Wildman–Crippen LogP) is 5.50. The Bertz CT molecular complexity index is 1600.